The van der Waals surface area contributed by atoms with Crippen molar-refractivity contribution in [2.24, 2.45) is 0 Å². The smallest absolute Gasteiger partial charge is 0.309 e. The van der Waals surface area contributed by atoms with Gasteiger partial charge in [-0.25, -0.2) is 4.39 Å². The first-order valence-corrected chi connectivity index (χ1v) is 6.20. The fourth-order valence-corrected chi connectivity index (χ4v) is 1.77. The summed E-state index contributed by atoms with van der Waals surface area (Å²) in [6.45, 7) is 1.76. The Morgan fingerprint density at radius 2 is 2.05 bits per heavy atom. The molecule has 0 atom stereocenters. The fourth-order valence-electron chi connectivity index (χ4n) is 1.77. The second-order valence-corrected chi connectivity index (χ2v) is 4.55. The largest absolute Gasteiger partial charge is 0.481 e. The van der Waals surface area contributed by atoms with Gasteiger partial charge in [-0.15, -0.1) is 0 Å². The average molecular weight is 288 g/mol. The summed E-state index contributed by atoms with van der Waals surface area (Å²) in [5, 5.41) is 11.2. The molecule has 0 saturated carbocycles. The molecule has 0 aliphatic rings. The van der Waals surface area contributed by atoms with Crippen molar-refractivity contribution in [1.82, 2.24) is 4.98 Å². The number of hydrogen-bond donors (Lipinski definition) is 2. The standard InChI is InChI=1S/C15H13FN2O3/c1-9-2-5-13(16)12(6-9)15(21)18-11-4-3-10(17-8-11)7-14(19)20/h2-6,8H,7H2,1H3,(H,18,21)(H,19,20). The van der Waals surface area contributed by atoms with Gasteiger partial charge in [0.1, 0.15) is 5.82 Å². The zero-order chi connectivity index (χ0) is 15.4. The zero-order valence-corrected chi connectivity index (χ0v) is 11.3. The maximum absolute atomic E-state index is 13.6. The Morgan fingerprint density at radius 1 is 1.29 bits per heavy atom. The van der Waals surface area contributed by atoms with Crippen molar-refractivity contribution in [2.75, 3.05) is 5.32 Å². The van der Waals surface area contributed by atoms with Gasteiger partial charge in [-0.05, 0) is 31.2 Å². The van der Waals surface area contributed by atoms with Gasteiger partial charge in [-0.2, -0.15) is 0 Å². The number of pyridine rings is 1. The van der Waals surface area contributed by atoms with E-state index in [4.69, 9.17) is 5.11 Å². The highest BCUT2D eigenvalue weighted by molar-refractivity contribution is 6.04. The number of aliphatic carboxylic acids is 1. The molecule has 0 spiro atoms. The van der Waals surface area contributed by atoms with Crippen molar-refractivity contribution in [1.29, 1.82) is 0 Å². The number of nitrogens with zero attached hydrogens (tertiary/aromatic N) is 1. The lowest BCUT2D eigenvalue weighted by atomic mass is 10.1. The molecule has 0 fully saturated rings. The Balaban J connectivity index is 2.12. The highest BCUT2D eigenvalue weighted by Crippen LogP contribution is 2.13. The summed E-state index contributed by atoms with van der Waals surface area (Å²) >= 11 is 0. The van der Waals surface area contributed by atoms with Gasteiger partial charge in [0.15, 0.2) is 0 Å². The molecule has 1 heterocycles. The van der Waals surface area contributed by atoms with Gasteiger partial charge >= 0.3 is 5.97 Å². The van der Waals surface area contributed by atoms with E-state index in [1.807, 2.05) is 0 Å². The minimum Gasteiger partial charge on any atom is -0.481 e. The van der Waals surface area contributed by atoms with Gasteiger partial charge in [0.25, 0.3) is 5.91 Å². The molecule has 0 bridgehead atoms. The lowest BCUT2D eigenvalue weighted by Gasteiger charge is -2.07. The van der Waals surface area contributed by atoms with Crippen LogP contribution in [0.1, 0.15) is 21.6 Å². The third-order valence-electron chi connectivity index (χ3n) is 2.78. The van der Waals surface area contributed by atoms with E-state index in [-0.39, 0.29) is 12.0 Å². The van der Waals surface area contributed by atoms with Gasteiger partial charge in [0.05, 0.1) is 29.6 Å². The highest BCUT2D eigenvalue weighted by Gasteiger charge is 2.12. The van der Waals surface area contributed by atoms with Crippen LogP contribution in [0.2, 0.25) is 0 Å². The number of carboxylic acids is 1. The Morgan fingerprint density at radius 3 is 2.67 bits per heavy atom. The van der Waals surface area contributed by atoms with E-state index >= 15 is 0 Å². The van der Waals surface area contributed by atoms with Gasteiger partial charge in [0.2, 0.25) is 0 Å². The normalized spacial score (nSPS) is 10.2. The number of nitrogens with one attached hydrogen (secondary N) is 1. The van der Waals surface area contributed by atoms with Crippen LogP contribution in [-0.4, -0.2) is 22.0 Å². The van der Waals surface area contributed by atoms with Crippen molar-refractivity contribution < 1.29 is 19.1 Å². The number of amides is 1. The monoisotopic (exact) mass is 288 g/mol. The number of hydrogen-bond acceptors (Lipinski definition) is 3. The minimum absolute atomic E-state index is 0.0513. The number of benzene rings is 1. The van der Waals surface area contributed by atoms with Crippen LogP contribution < -0.4 is 5.32 Å². The maximum atomic E-state index is 13.6. The van der Waals surface area contributed by atoms with Crippen LogP contribution >= 0.6 is 0 Å². The van der Waals surface area contributed by atoms with Gasteiger partial charge in [-0.3, -0.25) is 14.6 Å². The zero-order valence-electron chi connectivity index (χ0n) is 11.3. The highest BCUT2D eigenvalue weighted by atomic mass is 19.1. The number of rotatable bonds is 4. The van der Waals surface area contributed by atoms with Crippen molar-refractivity contribution in [3.63, 3.8) is 0 Å². The molecule has 0 aliphatic carbocycles. The van der Waals surface area contributed by atoms with Gasteiger partial charge in [0, 0.05) is 0 Å². The van der Waals surface area contributed by atoms with E-state index in [1.165, 1.54) is 30.5 Å². The molecule has 108 valence electrons. The minimum atomic E-state index is -0.985. The second-order valence-electron chi connectivity index (χ2n) is 4.55. The van der Waals surface area contributed by atoms with Crippen LogP contribution in [0, 0.1) is 12.7 Å². The molecule has 1 amide bonds. The van der Waals surface area contributed by atoms with E-state index < -0.39 is 17.7 Å². The van der Waals surface area contributed by atoms with Crippen LogP contribution in [0.25, 0.3) is 0 Å². The van der Waals surface area contributed by atoms with Crippen molar-refractivity contribution >= 4 is 17.6 Å². The maximum Gasteiger partial charge on any atom is 0.309 e. The van der Waals surface area contributed by atoms with E-state index in [1.54, 1.807) is 13.0 Å². The predicted octanol–water partition coefficient (Wildman–Crippen LogP) is 2.41. The van der Waals surface area contributed by atoms with Gasteiger partial charge in [-0.1, -0.05) is 11.6 Å². The second kappa shape index (κ2) is 6.13. The first-order chi connectivity index (χ1) is 9.95. The summed E-state index contributed by atoms with van der Waals surface area (Å²) in [6.07, 6.45) is 1.14. The molecular weight excluding hydrogens is 275 g/mol. The molecule has 1 aromatic carbocycles. The molecule has 0 saturated heterocycles. The summed E-state index contributed by atoms with van der Waals surface area (Å²) in [4.78, 5) is 26.4. The molecule has 21 heavy (non-hydrogen) atoms. The van der Waals surface area contributed by atoms with Crippen LogP contribution in [0.15, 0.2) is 36.5 Å². The van der Waals surface area contributed by atoms with Crippen LogP contribution in [0.4, 0.5) is 10.1 Å². The number of anilines is 1. The first-order valence-electron chi connectivity index (χ1n) is 6.20. The van der Waals surface area contributed by atoms with Crippen molar-refractivity contribution in [2.45, 2.75) is 13.3 Å². The molecule has 2 rings (SSSR count). The lowest BCUT2D eigenvalue weighted by Crippen LogP contribution is -2.14. The number of carboxylic acid groups (broad SMARTS) is 1. The van der Waals surface area contributed by atoms with E-state index in [2.05, 4.69) is 10.3 Å². The summed E-state index contributed by atoms with van der Waals surface area (Å²) < 4.78 is 13.6. The number of carbonyl (C=O) groups is 2. The topological polar surface area (TPSA) is 79.3 Å². The molecule has 2 N–H and O–H groups in total. The molecular formula is C15H13FN2O3. The SMILES string of the molecule is Cc1ccc(F)c(C(=O)Nc2ccc(CC(=O)O)nc2)c1. The van der Waals surface area contributed by atoms with E-state index in [0.29, 0.717) is 11.4 Å². The Bertz CT molecular complexity index is 684. The summed E-state index contributed by atoms with van der Waals surface area (Å²) in [5.41, 5.74) is 1.47. The molecule has 1 aromatic heterocycles. The Kier molecular flexibility index (Phi) is 4.27. The van der Waals surface area contributed by atoms with Crippen LogP contribution in [-0.2, 0) is 11.2 Å². The number of aromatic nitrogens is 1. The lowest BCUT2D eigenvalue weighted by molar-refractivity contribution is -0.136. The molecule has 5 nitrogen and oxygen atoms in total. The molecule has 6 heteroatoms. The number of carbonyl (C=O) groups excluding carboxylic acids is 1. The van der Waals surface area contributed by atoms with Gasteiger partial charge < -0.3 is 10.4 Å². The molecule has 0 aliphatic heterocycles. The fraction of sp³-hybridized carbons (Fsp3) is 0.133. The van der Waals surface area contributed by atoms with E-state index in [0.717, 1.165) is 5.56 Å². The van der Waals surface area contributed by atoms with Crippen LogP contribution in [0.5, 0.6) is 0 Å². The first kappa shape index (κ1) is 14.6. The number of aryl methyl sites for hydroxylation is 1. The number of halogens is 1. The average Bonchev–Trinajstić information content (AvgIpc) is 2.43. The Hall–Kier alpha value is -2.76. The summed E-state index contributed by atoms with van der Waals surface area (Å²) in [5.74, 6) is -2.17. The third-order valence-corrected chi connectivity index (χ3v) is 2.78. The van der Waals surface area contributed by atoms with Crippen molar-refractivity contribution in [3.05, 3.63) is 59.2 Å². The van der Waals surface area contributed by atoms with E-state index in [9.17, 15) is 14.0 Å². The quantitative estimate of drug-likeness (QED) is 0.905. The third kappa shape index (κ3) is 3.85. The molecule has 0 radical (unpaired) electrons. The summed E-state index contributed by atoms with van der Waals surface area (Å²) in [6, 6.07) is 7.29. The summed E-state index contributed by atoms with van der Waals surface area (Å²) in [7, 11) is 0. The molecule has 2 aromatic rings. The van der Waals surface area contributed by atoms with Crippen molar-refractivity contribution in [3.8, 4) is 0 Å². The van der Waals surface area contributed by atoms with Crippen LogP contribution in [0.3, 0.4) is 0 Å². The molecule has 0 unspecified atom stereocenters. The Labute approximate surface area is 120 Å². The predicted molar refractivity (Wildman–Crippen MR) is 74.7 cm³/mol.